The number of fused-ring (bicyclic) bond motifs is 2. The minimum Gasteiger partial charge on any atom is -0.507 e. The van der Waals surface area contributed by atoms with Gasteiger partial charge in [0.1, 0.15) is 17.2 Å². The fourth-order valence-corrected chi connectivity index (χ4v) is 2.93. The van der Waals surface area contributed by atoms with E-state index in [4.69, 9.17) is 14.2 Å². The summed E-state index contributed by atoms with van der Waals surface area (Å²) in [5.41, 5.74) is -0.119. The SMILES string of the molecule is CCOC(=O)c1cc(O)c2c(c1)C(=O)c1cc(OC)cc(OC)c1C2=O. The van der Waals surface area contributed by atoms with Crippen LogP contribution in [0.25, 0.3) is 0 Å². The van der Waals surface area contributed by atoms with Crippen molar-refractivity contribution in [3.8, 4) is 17.2 Å². The average Bonchev–Trinajstić information content (AvgIpc) is 2.64. The van der Waals surface area contributed by atoms with Gasteiger partial charge in [-0.15, -0.1) is 0 Å². The smallest absolute Gasteiger partial charge is 0.338 e. The monoisotopic (exact) mass is 356 g/mol. The second kappa shape index (κ2) is 6.51. The summed E-state index contributed by atoms with van der Waals surface area (Å²) in [5.74, 6) is -1.74. The first-order valence-corrected chi connectivity index (χ1v) is 7.82. The van der Waals surface area contributed by atoms with Crippen LogP contribution in [0.3, 0.4) is 0 Å². The van der Waals surface area contributed by atoms with Gasteiger partial charge in [-0.05, 0) is 25.1 Å². The van der Waals surface area contributed by atoms with Crippen molar-refractivity contribution in [2.45, 2.75) is 6.92 Å². The predicted molar refractivity (Wildman–Crippen MR) is 90.5 cm³/mol. The van der Waals surface area contributed by atoms with Gasteiger partial charge in [-0.3, -0.25) is 9.59 Å². The Bertz CT molecular complexity index is 943. The highest BCUT2D eigenvalue weighted by atomic mass is 16.5. The van der Waals surface area contributed by atoms with Crippen molar-refractivity contribution in [3.05, 3.63) is 52.1 Å². The van der Waals surface area contributed by atoms with E-state index in [1.54, 1.807) is 6.92 Å². The third-order valence-electron chi connectivity index (χ3n) is 4.10. The lowest BCUT2D eigenvalue weighted by molar-refractivity contribution is 0.0525. The van der Waals surface area contributed by atoms with E-state index in [0.29, 0.717) is 5.75 Å². The number of ketones is 2. The van der Waals surface area contributed by atoms with Gasteiger partial charge in [0.05, 0.1) is 37.5 Å². The van der Waals surface area contributed by atoms with Crippen LogP contribution in [-0.4, -0.2) is 43.5 Å². The Morgan fingerprint density at radius 3 is 2.27 bits per heavy atom. The van der Waals surface area contributed by atoms with Gasteiger partial charge in [0.25, 0.3) is 0 Å². The van der Waals surface area contributed by atoms with Crippen molar-refractivity contribution < 1.29 is 33.7 Å². The zero-order chi connectivity index (χ0) is 19.0. The number of methoxy groups -OCH3 is 2. The van der Waals surface area contributed by atoms with E-state index in [-0.39, 0.29) is 40.2 Å². The molecule has 0 aliphatic heterocycles. The quantitative estimate of drug-likeness (QED) is 0.716. The molecule has 1 aliphatic rings. The van der Waals surface area contributed by atoms with E-state index in [2.05, 4.69) is 0 Å². The number of hydrogen-bond acceptors (Lipinski definition) is 7. The number of hydrogen-bond donors (Lipinski definition) is 1. The maximum Gasteiger partial charge on any atom is 0.338 e. The van der Waals surface area contributed by atoms with E-state index < -0.39 is 23.3 Å². The first-order chi connectivity index (χ1) is 12.4. The van der Waals surface area contributed by atoms with Crippen LogP contribution in [0.2, 0.25) is 0 Å². The van der Waals surface area contributed by atoms with Crippen LogP contribution in [-0.2, 0) is 4.74 Å². The molecule has 1 N–H and O–H groups in total. The van der Waals surface area contributed by atoms with Crippen molar-refractivity contribution in [1.29, 1.82) is 0 Å². The number of carbonyl (C=O) groups excluding carboxylic acids is 3. The molecule has 0 spiro atoms. The minimum absolute atomic E-state index is 0.0115. The summed E-state index contributed by atoms with van der Waals surface area (Å²) < 4.78 is 15.3. The van der Waals surface area contributed by atoms with E-state index in [1.807, 2.05) is 0 Å². The van der Waals surface area contributed by atoms with Gasteiger partial charge < -0.3 is 19.3 Å². The zero-order valence-corrected chi connectivity index (χ0v) is 14.4. The fraction of sp³-hybridized carbons (Fsp3) is 0.211. The molecule has 134 valence electrons. The van der Waals surface area contributed by atoms with E-state index in [1.165, 1.54) is 32.4 Å². The van der Waals surface area contributed by atoms with Gasteiger partial charge >= 0.3 is 5.97 Å². The molecule has 1 aliphatic carbocycles. The molecule has 26 heavy (non-hydrogen) atoms. The molecule has 0 unspecified atom stereocenters. The molecule has 0 amide bonds. The standard InChI is InChI=1S/C19H16O7/c1-4-26-19(23)9-5-11-15(13(20)6-9)18(22)16-12(17(11)21)7-10(24-2)8-14(16)25-3/h5-8,20H,4H2,1-3H3. The van der Waals surface area contributed by atoms with Crippen LogP contribution in [0.15, 0.2) is 24.3 Å². The third-order valence-corrected chi connectivity index (χ3v) is 4.10. The van der Waals surface area contributed by atoms with Crippen molar-refractivity contribution in [2.24, 2.45) is 0 Å². The molecule has 0 aromatic heterocycles. The van der Waals surface area contributed by atoms with Gasteiger partial charge in [0.15, 0.2) is 5.78 Å². The maximum absolute atomic E-state index is 12.9. The van der Waals surface area contributed by atoms with Crippen LogP contribution in [0, 0.1) is 0 Å². The second-order valence-electron chi connectivity index (χ2n) is 5.55. The molecule has 7 heteroatoms. The van der Waals surface area contributed by atoms with Gasteiger partial charge in [0.2, 0.25) is 5.78 Å². The Balaban J connectivity index is 2.25. The summed E-state index contributed by atoms with van der Waals surface area (Å²) in [7, 11) is 2.79. The van der Waals surface area contributed by atoms with Crippen LogP contribution in [0.4, 0.5) is 0 Å². The predicted octanol–water partition coefficient (Wildman–Crippen LogP) is 2.36. The third kappa shape index (κ3) is 2.57. The summed E-state index contributed by atoms with van der Waals surface area (Å²) in [6.07, 6.45) is 0. The number of phenols is 1. The summed E-state index contributed by atoms with van der Waals surface area (Å²) in [6, 6.07) is 5.28. The first-order valence-electron chi connectivity index (χ1n) is 7.82. The second-order valence-corrected chi connectivity index (χ2v) is 5.55. The molecular formula is C19H16O7. The Morgan fingerprint density at radius 2 is 1.65 bits per heavy atom. The number of carbonyl (C=O) groups is 3. The molecule has 0 fully saturated rings. The van der Waals surface area contributed by atoms with Crippen LogP contribution in [0.1, 0.15) is 49.1 Å². The molecule has 0 saturated heterocycles. The summed E-state index contributed by atoms with van der Waals surface area (Å²) in [6.45, 7) is 1.78. The molecule has 0 atom stereocenters. The maximum atomic E-state index is 12.9. The number of benzene rings is 2. The Labute approximate surface area is 149 Å². The molecule has 0 heterocycles. The van der Waals surface area contributed by atoms with Gasteiger partial charge in [-0.25, -0.2) is 4.79 Å². The number of phenolic OH excluding ortho intramolecular Hbond substituents is 1. The van der Waals surface area contributed by atoms with Crippen molar-refractivity contribution in [2.75, 3.05) is 20.8 Å². The number of rotatable bonds is 4. The van der Waals surface area contributed by atoms with E-state index in [9.17, 15) is 19.5 Å². The molecule has 2 aromatic rings. The van der Waals surface area contributed by atoms with Crippen LogP contribution < -0.4 is 9.47 Å². The minimum atomic E-state index is -0.695. The van der Waals surface area contributed by atoms with Crippen LogP contribution in [0.5, 0.6) is 17.2 Å². The molecule has 3 rings (SSSR count). The number of aromatic hydroxyl groups is 1. The molecule has 7 nitrogen and oxygen atoms in total. The Hall–Kier alpha value is -3.35. The highest BCUT2D eigenvalue weighted by Crippen LogP contribution is 2.39. The van der Waals surface area contributed by atoms with Gasteiger partial charge in [-0.2, -0.15) is 0 Å². The van der Waals surface area contributed by atoms with E-state index in [0.717, 1.165) is 6.07 Å². The van der Waals surface area contributed by atoms with Crippen molar-refractivity contribution >= 4 is 17.5 Å². The number of ether oxygens (including phenoxy) is 3. The first kappa shape index (κ1) is 17.5. The van der Waals surface area contributed by atoms with Gasteiger partial charge in [-0.1, -0.05) is 0 Å². The number of esters is 1. The molecular weight excluding hydrogens is 340 g/mol. The molecule has 0 saturated carbocycles. The lowest BCUT2D eigenvalue weighted by atomic mass is 9.82. The van der Waals surface area contributed by atoms with Crippen LogP contribution >= 0.6 is 0 Å². The van der Waals surface area contributed by atoms with Gasteiger partial charge in [0, 0.05) is 17.2 Å². The summed E-state index contributed by atoms with van der Waals surface area (Å²) in [5, 5.41) is 10.3. The molecule has 2 aromatic carbocycles. The highest BCUT2D eigenvalue weighted by Gasteiger charge is 2.36. The molecule has 0 bridgehead atoms. The van der Waals surface area contributed by atoms with Crippen molar-refractivity contribution in [3.63, 3.8) is 0 Å². The lowest BCUT2D eigenvalue weighted by Crippen LogP contribution is -2.23. The Kier molecular flexibility index (Phi) is 4.38. The highest BCUT2D eigenvalue weighted by molar-refractivity contribution is 6.30. The lowest BCUT2D eigenvalue weighted by Gasteiger charge is -2.21. The Morgan fingerprint density at radius 1 is 0.962 bits per heavy atom. The molecule has 0 radical (unpaired) electrons. The summed E-state index contributed by atoms with van der Waals surface area (Å²) in [4.78, 5) is 37.8. The topological polar surface area (TPSA) is 99.1 Å². The van der Waals surface area contributed by atoms with E-state index >= 15 is 0 Å². The summed E-state index contributed by atoms with van der Waals surface area (Å²) >= 11 is 0. The van der Waals surface area contributed by atoms with Crippen molar-refractivity contribution in [1.82, 2.24) is 0 Å². The fourth-order valence-electron chi connectivity index (χ4n) is 2.93. The largest absolute Gasteiger partial charge is 0.507 e. The average molecular weight is 356 g/mol. The normalized spacial score (nSPS) is 12.3. The zero-order valence-electron chi connectivity index (χ0n) is 14.4.